The Kier molecular flexibility index (Phi) is 5.26. The number of benzene rings is 1. The molecule has 0 aromatic heterocycles. The first kappa shape index (κ1) is 15.4. The number of hydrogen-bond donors (Lipinski definition) is 2. The van der Waals surface area contributed by atoms with E-state index in [0.29, 0.717) is 12.0 Å². The second-order valence-corrected chi connectivity index (χ2v) is 5.43. The van der Waals surface area contributed by atoms with E-state index in [1.165, 1.54) is 6.07 Å². The molecule has 0 saturated heterocycles. The Hall–Kier alpha value is -1.66. The molecule has 0 saturated carbocycles. The van der Waals surface area contributed by atoms with Gasteiger partial charge in [-0.3, -0.25) is 9.35 Å². The molecule has 0 unspecified atom stereocenters. The quantitative estimate of drug-likeness (QED) is 0.614. The van der Waals surface area contributed by atoms with Gasteiger partial charge in [-0.1, -0.05) is 32.1 Å². The average molecular weight is 283 g/mol. The summed E-state index contributed by atoms with van der Waals surface area (Å²) in [5, 5.41) is 2.53. The summed E-state index contributed by atoms with van der Waals surface area (Å²) in [7, 11) is -4.31. The molecule has 1 rings (SSSR count). The number of rotatable bonds is 6. The molecular formula is C13H17NO4S. The Morgan fingerprint density at radius 3 is 2.68 bits per heavy atom. The SMILES string of the molecule is C=CC(=O)NCc1c(CCC)cccc1S(=O)(=O)O. The van der Waals surface area contributed by atoms with E-state index in [4.69, 9.17) is 0 Å². The van der Waals surface area contributed by atoms with Crippen molar-refractivity contribution in [2.45, 2.75) is 31.2 Å². The van der Waals surface area contributed by atoms with Crippen molar-refractivity contribution in [1.82, 2.24) is 5.32 Å². The van der Waals surface area contributed by atoms with Crippen LogP contribution in [0.1, 0.15) is 24.5 Å². The molecule has 5 nitrogen and oxygen atoms in total. The lowest BCUT2D eigenvalue weighted by Crippen LogP contribution is -2.22. The van der Waals surface area contributed by atoms with Crippen molar-refractivity contribution in [3.63, 3.8) is 0 Å². The second kappa shape index (κ2) is 6.49. The van der Waals surface area contributed by atoms with Crippen LogP contribution in [0.4, 0.5) is 0 Å². The van der Waals surface area contributed by atoms with Gasteiger partial charge in [0.1, 0.15) is 0 Å². The van der Waals surface area contributed by atoms with Gasteiger partial charge in [0.15, 0.2) is 0 Å². The van der Waals surface area contributed by atoms with E-state index in [0.717, 1.165) is 18.1 Å². The van der Waals surface area contributed by atoms with E-state index >= 15 is 0 Å². The minimum atomic E-state index is -4.31. The van der Waals surface area contributed by atoms with Crippen molar-refractivity contribution in [3.05, 3.63) is 42.0 Å². The van der Waals surface area contributed by atoms with Gasteiger partial charge in [-0.05, 0) is 29.7 Å². The molecule has 0 radical (unpaired) electrons. The van der Waals surface area contributed by atoms with Crippen molar-refractivity contribution in [3.8, 4) is 0 Å². The maximum atomic E-state index is 11.3. The second-order valence-electron chi connectivity index (χ2n) is 4.04. The van der Waals surface area contributed by atoms with Gasteiger partial charge in [0.25, 0.3) is 10.1 Å². The molecule has 0 spiro atoms. The van der Waals surface area contributed by atoms with Crippen LogP contribution in [0.3, 0.4) is 0 Å². The van der Waals surface area contributed by atoms with E-state index in [-0.39, 0.29) is 11.4 Å². The third kappa shape index (κ3) is 4.18. The average Bonchev–Trinajstić information content (AvgIpc) is 2.35. The Balaban J connectivity index is 3.21. The molecule has 0 aliphatic heterocycles. The topological polar surface area (TPSA) is 83.5 Å². The van der Waals surface area contributed by atoms with Crippen LogP contribution in [0.2, 0.25) is 0 Å². The summed E-state index contributed by atoms with van der Waals surface area (Å²) in [5.74, 6) is -0.396. The minimum Gasteiger partial charge on any atom is -0.348 e. The van der Waals surface area contributed by atoms with Gasteiger partial charge in [-0.15, -0.1) is 0 Å². The fourth-order valence-corrected chi connectivity index (χ4v) is 2.57. The van der Waals surface area contributed by atoms with E-state index in [1.54, 1.807) is 12.1 Å². The van der Waals surface area contributed by atoms with Crippen molar-refractivity contribution < 1.29 is 17.8 Å². The third-order valence-electron chi connectivity index (χ3n) is 2.65. The zero-order valence-electron chi connectivity index (χ0n) is 10.7. The fraction of sp³-hybridized carbons (Fsp3) is 0.308. The van der Waals surface area contributed by atoms with Gasteiger partial charge < -0.3 is 5.32 Å². The molecule has 0 atom stereocenters. The zero-order valence-corrected chi connectivity index (χ0v) is 11.5. The first-order chi connectivity index (χ1) is 8.90. The highest BCUT2D eigenvalue weighted by Crippen LogP contribution is 2.21. The molecule has 6 heteroatoms. The lowest BCUT2D eigenvalue weighted by atomic mass is 10.0. The summed E-state index contributed by atoms with van der Waals surface area (Å²) in [6, 6.07) is 4.68. The number of nitrogens with one attached hydrogen (secondary N) is 1. The monoisotopic (exact) mass is 283 g/mol. The van der Waals surface area contributed by atoms with Crippen molar-refractivity contribution >= 4 is 16.0 Å². The van der Waals surface area contributed by atoms with Crippen LogP contribution in [0.5, 0.6) is 0 Å². The van der Waals surface area contributed by atoms with Gasteiger partial charge in [0.2, 0.25) is 5.91 Å². The lowest BCUT2D eigenvalue weighted by molar-refractivity contribution is -0.116. The molecule has 1 aromatic rings. The van der Waals surface area contributed by atoms with E-state index in [1.807, 2.05) is 6.92 Å². The molecule has 0 bridgehead atoms. The van der Waals surface area contributed by atoms with Gasteiger partial charge in [0.05, 0.1) is 4.90 Å². The fourth-order valence-electron chi connectivity index (χ4n) is 1.80. The predicted octanol–water partition coefficient (Wildman–Crippen LogP) is 1.69. The van der Waals surface area contributed by atoms with Crippen LogP contribution in [-0.4, -0.2) is 18.9 Å². The van der Waals surface area contributed by atoms with E-state index in [2.05, 4.69) is 11.9 Å². The maximum absolute atomic E-state index is 11.3. The van der Waals surface area contributed by atoms with Crippen molar-refractivity contribution in [1.29, 1.82) is 0 Å². The van der Waals surface area contributed by atoms with Gasteiger partial charge in [-0.25, -0.2) is 0 Å². The number of carbonyl (C=O) groups excluding carboxylic acids is 1. The molecule has 0 heterocycles. The Labute approximate surface area is 113 Å². The summed E-state index contributed by atoms with van der Waals surface area (Å²) in [5.41, 5.74) is 1.21. The molecule has 1 aromatic carbocycles. The number of hydrogen-bond acceptors (Lipinski definition) is 3. The smallest absolute Gasteiger partial charge is 0.294 e. The summed E-state index contributed by atoms with van der Waals surface area (Å²) in [6.45, 7) is 5.33. The molecule has 0 aliphatic rings. The molecule has 0 aliphatic carbocycles. The number of carbonyl (C=O) groups is 1. The molecule has 19 heavy (non-hydrogen) atoms. The number of amides is 1. The van der Waals surface area contributed by atoms with Crippen LogP contribution >= 0.6 is 0 Å². The first-order valence-corrected chi connectivity index (χ1v) is 7.32. The molecule has 0 fully saturated rings. The molecule has 104 valence electrons. The normalized spacial score (nSPS) is 11.1. The predicted molar refractivity (Wildman–Crippen MR) is 72.3 cm³/mol. The Morgan fingerprint density at radius 1 is 1.47 bits per heavy atom. The third-order valence-corrected chi connectivity index (χ3v) is 3.59. The van der Waals surface area contributed by atoms with Crippen molar-refractivity contribution in [2.24, 2.45) is 0 Å². The van der Waals surface area contributed by atoms with E-state index in [9.17, 15) is 17.8 Å². The summed E-state index contributed by atoms with van der Waals surface area (Å²) in [6.07, 6.45) is 2.61. The summed E-state index contributed by atoms with van der Waals surface area (Å²) >= 11 is 0. The Bertz CT molecular complexity index is 578. The summed E-state index contributed by atoms with van der Waals surface area (Å²) in [4.78, 5) is 11.0. The summed E-state index contributed by atoms with van der Waals surface area (Å²) < 4.78 is 31.9. The van der Waals surface area contributed by atoms with Gasteiger partial charge >= 0.3 is 0 Å². The van der Waals surface area contributed by atoms with Crippen LogP contribution < -0.4 is 5.32 Å². The van der Waals surface area contributed by atoms with Gasteiger partial charge in [0, 0.05) is 6.54 Å². The zero-order chi connectivity index (χ0) is 14.5. The van der Waals surface area contributed by atoms with Crippen LogP contribution in [0.25, 0.3) is 0 Å². The van der Waals surface area contributed by atoms with Crippen LogP contribution in [0.15, 0.2) is 35.7 Å². The largest absolute Gasteiger partial charge is 0.348 e. The lowest BCUT2D eigenvalue weighted by Gasteiger charge is -2.13. The molecule has 2 N–H and O–H groups in total. The highest BCUT2D eigenvalue weighted by atomic mass is 32.2. The molecule has 1 amide bonds. The first-order valence-electron chi connectivity index (χ1n) is 5.88. The van der Waals surface area contributed by atoms with Crippen LogP contribution in [-0.2, 0) is 27.9 Å². The van der Waals surface area contributed by atoms with Crippen LogP contribution in [0, 0.1) is 0 Å². The minimum absolute atomic E-state index is 0.0378. The van der Waals surface area contributed by atoms with Gasteiger partial charge in [-0.2, -0.15) is 8.42 Å². The Morgan fingerprint density at radius 2 is 2.16 bits per heavy atom. The molecular weight excluding hydrogens is 266 g/mol. The van der Waals surface area contributed by atoms with E-state index < -0.39 is 16.0 Å². The highest BCUT2D eigenvalue weighted by molar-refractivity contribution is 7.85. The highest BCUT2D eigenvalue weighted by Gasteiger charge is 2.18. The number of aryl methyl sites for hydroxylation is 1. The standard InChI is InChI=1S/C13H17NO4S/c1-3-6-10-7-5-8-12(19(16,17)18)11(10)9-14-13(15)4-2/h4-5,7-8H,2-3,6,9H2,1H3,(H,14,15)(H,16,17,18). The van der Waals surface area contributed by atoms with Crippen molar-refractivity contribution in [2.75, 3.05) is 0 Å². The maximum Gasteiger partial charge on any atom is 0.294 e.